The van der Waals surface area contributed by atoms with Crippen LogP contribution in [0.15, 0.2) is 0 Å². The molecule has 0 radical (unpaired) electrons. The fourth-order valence-corrected chi connectivity index (χ4v) is 6.94. The molecule has 3 atom stereocenters. The molecule has 0 rings (SSSR count). The van der Waals surface area contributed by atoms with E-state index in [1.54, 1.807) is 0 Å². The quantitative estimate of drug-likeness (QED) is 0.0349. The molecule has 0 amide bonds. The summed E-state index contributed by atoms with van der Waals surface area (Å²) in [6.45, 7) is 24.1. The number of nitrogens with zero attached hydrogens (tertiary/aromatic N) is 1. The van der Waals surface area contributed by atoms with Gasteiger partial charge in [0.05, 0.1) is 19.8 Å². The third-order valence-electron chi connectivity index (χ3n) is 10.8. The molecule has 2 N–H and O–H groups in total. The van der Waals surface area contributed by atoms with E-state index in [2.05, 4.69) is 60.3 Å². The van der Waals surface area contributed by atoms with Gasteiger partial charge in [-0.3, -0.25) is 4.79 Å². The van der Waals surface area contributed by atoms with Gasteiger partial charge in [0.2, 0.25) is 0 Å². The van der Waals surface area contributed by atoms with Crippen LogP contribution in [0.25, 0.3) is 0 Å². The van der Waals surface area contributed by atoms with Crippen LogP contribution in [0, 0.1) is 23.7 Å². The summed E-state index contributed by atoms with van der Waals surface area (Å²) >= 11 is 0. The number of ether oxygens (including phenoxy) is 6. The molecule has 0 bridgehead atoms. The molecule has 348 valence electrons. The molecule has 0 aliphatic carbocycles. The van der Waals surface area contributed by atoms with Crippen LogP contribution < -0.4 is 0 Å². The van der Waals surface area contributed by atoms with Crippen molar-refractivity contribution in [2.75, 3.05) is 65.9 Å². The number of aliphatic hydroxyl groups is 2. The zero-order chi connectivity index (χ0) is 43.1. The first kappa shape index (κ1) is 57.1. The molecule has 10 nitrogen and oxygen atoms in total. The number of hydrogen-bond donors (Lipinski definition) is 2. The first-order valence-electron chi connectivity index (χ1n) is 24.2. The molecular weight excluding hydrogens is 735 g/mol. The fraction of sp³-hybridized carbons (Fsp3) is 0.979. The van der Waals surface area contributed by atoms with Gasteiger partial charge in [0.25, 0.3) is 0 Å². The standard InChI is InChI=1S/C48H97NO9/c1-9-35-55-47(56-36-10-2)29-39-53-45(51)25-15-12-11-13-17-31-49(33-34-50)32-18-14-16-26-46(52)54-40-30-48(57-37-27-43(7)23-19-21-41(3)4)58-38-28-44(8)24-20-22-42(5)6/h41-44,46-48,50,52H,9-40H2,1-8H3. The van der Waals surface area contributed by atoms with Crippen molar-refractivity contribution in [3.63, 3.8) is 0 Å². The average molecular weight is 832 g/mol. The van der Waals surface area contributed by atoms with Gasteiger partial charge in [-0.1, -0.05) is 120 Å². The van der Waals surface area contributed by atoms with Crippen LogP contribution >= 0.6 is 0 Å². The topological polar surface area (TPSA) is 116 Å². The molecule has 0 aliphatic rings. The first-order chi connectivity index (χ1) is 28.0. The van der Waals surface area contributed by atoms with Crippen LogP contribution in [0.3, 0.4) is 0 Å². The van der Waals surface area contributed by atoms with Gasteiger partial charge < -0.3 is 43.5 Å². The minimum absolute atomic E-state index is 0.145. The summed E-state index contributed by atoms with van der Waals surface area (Å²) in [6, 6.07) is 0. The number of unbranched alkanes of at least 4 members (excludes halogenated alkanes) is 6. The Balaban J connectivity index is 4.27. The molecule has 0 saturated heterocycles. The molecule has 0 aromatic rings. The number of hydrogen-bond acceptors (Lipinski definition) is 10. The predicted octanol–water partition coefficient (Wildman–Crippen LogP) is 11.1. The summed E-state index contributed by atoms with van der Waals surface area (Å²) in [6.07, 6.45) is 20.5. The van der Waals surface area contributed by atoms with Gasteiger partial charge in [-0.25, -0.2) is 0 Å². The second-order valence-electron chi connectivity index (χ2n) is 17.8. The maximum Gasteiger partial charge on any atom is 0.305 e. The Hall–Kier alpha value is -0.850. The third-order valence-corrected chi connectivity index (χ3v) is 10.8. The maximum absolute atomic E-state index is 12.2. The van der Waals surface area contributed by atoms with E-state index in [1.165, 1.54) is 38.5 Å². The van der Waals surface area contributed by atoms with Crippen molar-refractivity contribution in [2.24, 2.45) is 23.7 Å². The van der Waals surface area contributed by atoms with Crippen molar-refractivity contribution in [1.82, 2.24) is 4.90 Å². The highest BCUT2D eigenvalue weighted by atomic mass is 16.7. The van der Waals surface area contributed by atoms with Gasteiger partial charge in [0.1, 0.15) is 0 Å². The van der Waals surface area contributed by atoms with Crippen LogP contribution in [0.1, 0.15) is 197 Å². The Morgan fingerprint density at radius 2 is 0.948 bits per heavy atom. The summed E-state index contributed by atoms with van der Waals surface area (Å²) in [5.41, 5.74) is 0. The molecule has 0 aromatic heterocycles. The highest BCUT2D eigenvalue weighted by molar-refractivity contribution is 5.69. The first-order valence-corrected chi connectivity index (χ1v) is 24.2. The highest BCUT2D eigenvalue weighted by Crippen LogP contribution is 2.19. The summed E-state index contributed by atoms with van der Waals surface area (Å²) in [5, 5.41) is 20.2. The van der Waals surface area contributed by atoms with Crippen LogP contribution in [-0.4, -0.2) is 106 Å². The summed E-state index contributed by atoms with van der Waals surface area (Å²) in [4.78, 5) is 14.5. The van der Waals surface area contributed by atoms with Gasteiger partial charge in [-0.2, -0.15) is 0 Å². The molecule has 0 aliphatic heterocycles. The minimum atomic E-state index is -0.777. The van der Waals surface area contributed by atoms with Crippen LogP contribution in [-0.2, 0) is 33.2 Å². The van der Waals surface area contributed by atoms with Crippen molar-refractivity contribution in [1.29, 1.82) is 0 Å². The molecule has 0 spiro atoms. The van der Waals surface area contributed by atoms with E-state index >= 15 is 0 Å². The Morgan fingerprint density at radius 3 is 1.47 bits per heavy atom. The van der Waals surface area contributed by atoms with Crippen molar-refractivity contribution in [2.45, 2.75) is 216 Å². The Morgan fingerprint density at radius 1 is 0.483 bits per heavy atom. The molecule has 0 saturated carbocycles. The molecule has 3 unspecified atom stereocenters. The van der Waals surface area contributed by atoms with Crippen LogP contribution in [0.2, 0.25) is 0 Å². The van der Waals surface area contributed by atoms with Crippen molar-refractivity contribution in [3.8, 4) is 0 Å². The second-order valence-corrected chi connectivity index (χ2v) is 17.8. The molecular formula is C48H97NO9. The van der Waals surface area contributed by atoms with E-state index in [0.29, 0.717) is 83.7 Å². The zero-order valence-corrected chi connectivity index (χ0v) is 39.4. The number of esters is 1. The maximum atomic E-state index is 12.2. The van der Waals surface area contributed by atoms with E-state index in [0.717, 1.165) is 102 Å². The monoisotopic (exact) mass is 832 g/mol. The molecule has 10 heteroatoms. The normalized spacial score (nSPS) is 14.2. The molecule has 58 heavy (non-hydrogen) atoms. The highest BCUT2D eigenvalue weighted by Gasteiger charge is 2.15. The Kier molecular flexibility index (Phi) is 40.9. The SMILES string of the molecule is CCCOC(CCOC(=O)CCCCCCCN(CCO)CCCCCC(O)OCCC(OCCC(C)CCCC(C)C)OCCC(C)CCCC(C)C)OCCC. The fourth-order valence-electron chi connectivity index (χ4n) is 6.94. The van der Waals surface area contributed by atoms with E-state index in [1.807, 2.05) is 0 Å². The number of carbonyl (C=O) groups is 1. The van der Waals surface area contributed by atoms with Gasteiger partial charge in [-0.05, 0) is 94.5 Å². The van der Waals surface area contributed by atoms with E-state index in [9.17, 15) is 15.0 Å². The lowest BCUT2D eigenvalue weighted by molar-refractivity contribution is -0.171. The van der Waals surface area contributed by atoms with E-state index in [-0.39, 0.29) is 25.2 Å². The van der Waals surface area contributed by atoms with Gasteiger partial charge in [0, 0.05) is 52.2 Å². The summed E-state index contributed by atoms with van der Waals surface area (Å²) in [7, 11) is 0. The second kappa shape index (κ2) is 41.5. The van der Waals surface area contributed by atoms with Crippen molar-refractivity contribution >= 4 is 5.97 Å². The molecule has 0 heterocycles. The third kappa shape index (κ3) is 39.3. The smallest absolute Gasteiger partial charge is 0.305 e. The largest absolute Gasteiger partial charge is 0.465 e. The summed E-state index contributed by atoms with van der Waals surface area (Å²) < 4.78 is 35.1. The predicted molar refractivity (Wildman–Crippen MR) is 239 cm³/mol. The lowest BCUT2D eigenvalue weighted by Gasteiger charge is -2.22. The number of carbonyl (C=O) groups excluding carboxylic acids is 1. The van der Waals surface area contributed by atoms with E-state index in [4.69, 9.17) is 28.4 Å². The van der Waals surface area contributed by atoms with Gasteiger partial charge >= 0.3 is 5.97 Å². The number of rotatable bonds is 45. The van der Waals surface area contributed by atoms with E-state index < -0.39 is 6.29 Å². The van der Waals surface area contributed by atoms with Crippen molar-refractivity contribution in [3.05, 3.63) is 0 Å². The summed E-state index contributed by atoms with van der Waals surface area (Å²) in [5.74, 6) is 2.65. The van der Waals surface area contributed by atoms with Gasteiger partial charge in [0.15, 0.2) is 18.9 Å². The molecule has 0 aromatic carbocycles. The molecule has 0 fully saturated rings. The number of aliphatic hydroxyl groups excluding tert-OH is 2. The lowest BCUT2D eigenvalue weighted by Crippen LogP contribution is -2.29. The zero-order valence-electron chi connectivity index (χ0n) is 39.4. The average Bonchev–Trinajstić information content (AvgIpc) is 3.17. The van der Waals surface area contributed by atoms with Crippen molar-refractivity contribution < 1.29 is 43.4 Å². The lowest BCUT2D eigenvalue weighted by atomic mass is 9.97. The minimum Gasteiger partial charge on any atom is -0.465 e. The van der Waals surface area contributed by atoms with Crippen LogP contribution in [0.5, 0.6) is 0 Å². The Bertz CT molecular complexity index is 829. The Labute approximate surface area is 358 Å². The van der Waals surface area contributed by atoms with Crippen LogP contribution in [0.4, 0.5) is 0 Å². The van der Waals surface area contributed by atoms with Gasteiger partial charge in [-0.15, -0.1) is 0 Å².